The molecule has 0 atom stereocenters. The van der Waals surface area contributed by atoms with Gasteiger partial charge in [0.25, 0.3) is 10.0 Å². The number of rotatable bonds is 8. The van der Waals surface area contributed by atoms with E-state index in [1.54, 1.807) is 48.5 Å². The summed E-state index contributed by atoms with van der Waals surface area (Å²) in [6.45, 7) is 1.44. The van der Waals surface area contributed by atoms with Crippen LogP contribution in [0.4, 0.5) is 11.4 Å². The van der Waals surface area contributed by atoms with Crippen molar-refractivity contribution in [3.63, 3.8) is 0 Å². The van der Waals surface area contributed by atoms with Crippen molar-refractivity contribution in [2.24, 2.45) is 0 Å². The second-order valence-electron chi connectivity index (χ2n) is 7.14. The third-order valence-electron chi connectivity index (χ3n) is 4.85. The molecule has 8 nitrogen and oxygen atoms in total. The molecule has 172 valence electrons. The van der Waals surface area contributed by atoms with Crippen molar-refractivity contribution in [2.75, 3.05) is 30.4 Å². The summed E-state index contributed by atoms with van der Waals surface area (Å²) in [4.78, 5) is 24.4. The van der Waals surface area contributed by atoms with Gasteiger partial charge in [-0.15, -0.1) is 0 Å². The van der Waals surface area contributed by atoms with Gasteiger partial charge in [0.2, 0.25) is 5.91 Å². The second kappa shape index (κ2) is 10.2. The monoisotopic (exact) mass is 468 g/mol. The predicted octanol–water partition coefficient (Wildman–Crippen LogP) is 3.62. The van der Waals surface area contributed by atoms with Crippen LogP contribution < -0.4 is 14.4 Å². The number of nitrogens with zero attached hydrogens (tertiary/aromatic N) is 1. The van der Waals surface area contributed by atoms with E-state index in [1.807, 2.05) is 6.92 Å². The quantitative estimate of drug-likeness (QED) is 0.507. The number of hydrogen-bond acceptors (Lipinski definition) is 6. The van der Waals surface area contributed by atoms with Gasteiger partial charge < -0.3 is 14.8 Å². The Kier molecular flexibility index (Phi) is 7.34. The molecule has 3 aromatic rings. The van der Waals surface area contributed by atoms with Crippen LogP contribution in [0.25, 0.3) is 0 Å². The molecule has 33 heavy (non-hydrogen) atoms. The molecular weight excluding hydrogens is 444 g/mol. The van der Waals surface area contributed by atoms with Crippen LogP contribution in [0.3, 0.4) is 0 Å². The summed E-state index contributed by atoms with van der Waals surface area (Å²) < 4.78 is 37.6. The van der Waals surface area contributed by atoms with Gasteiger partial charge in [-0.1, -0.05) is 17.7 Å². The first-order chi connectivity index (χ1) is 15.7. The number of carbonyl (C=O) groups excluding carboxylic acids is 2. The minimum atomic E-state index is -4.04. The van der Waals surface area contributed by atoms with Crippen LogP contribution in [0.2, 0.25) is 0 Å². The van der Waals surface area contributed by atoms with E-state index < -0.39 is 28.4 Å². The fraction of sp³-hybridized carbons (Fsp3) is 0.167. The molecule has 0 spiro atoms. The number of hydrogen-bond donors (Lipinski definition) is 1. The number of sulfonamides is 1. The lowest BCUT2D eigenvalue weighted by Crippen LogP contribution is -2.38. The van der Waals surface area contributed by atoms with Gasteiger partial charge in [-0.2, -0.15) is 0 Å². The highest BCUT2D eigenvalue weighted by Gasteiger charge is 2.27. The Morgan fingerprint density at radius 3 is 2.03 bits per heavy atom. The van der Waals surface area contributed by atoms with Gasteiger partial charge in [0.05, 0.1) is 30.4 Å². The molecule has 0 radical (unpaired) electrons. The number of benzene rings is 3. The number of methoxy groups -OCH3 is 2. The Labute approximate surface area is 192 Å². The lowest BCUT2D eigenvalue weighted by molar-refractivity contribution is -0.114. The summed E-state index contributed by atoms with van der Waals surface area (Å²) in [7, 11) is -1.28. The Hall–Kier alpha value is -3.85. The number of nitrogens with one attached hydrogen (secondary N) is 1. The van der Waals surface area contributed by atoms with E-state index >= 15 is 0 Å². The van der Waals surface area contributed by atoms with Gasteiger partial charge >= 0.3 is 5.97 Å². The van der Waals surface area contributed by atoms with Crippen LogP contribution in [0, 0.1) is 6.92 Å². The third kappa shape index (κ3) is 5.69. The highest BCUT2D eigenvalue weighted by molar-refractivity contribution is 7.92. The summed E-state index contributed by atoms with van der Waals surface area (Å²) >= 11 is 0. The van der Waals surface area contributed by atoms with Crippen LogP contribution in [-0.2, 0) is 19.6 Å². The summed E-state index contributed by atoms with van der Waals surface area (Å²) in [6.07, 6.45) is 0. The standard InChI is InChI=1S/C24H24N2O6S/c1-17-4-10-20(11-5-17)26(33(29,30)22-14-12-21(31-2)13-15-22)16-23(27)25-19-8-6-18(7-9-19)24(28)32-3/h4-15H,16H2,1-3H3,(H,25,27). The molecule has 0 aliphatic rings. The fourth-order valence-corrected chi connectivity index (χ4v) is 4.46. The molecule has 3 rings (SSSR count). The molecule has 0 saturated carbocycles. The summed E-state index contributed by atoms with van der Waals surface area (Å²) in [5.41, 5.74) is 2.06. The normalized spacial score (nSPS) is 10.9. The Bertz CT molecular complexity index is 1220. The van der Waals surface area contributed by atoms with Crippen LogP contribution in [0.1, 0.15) is 15.9 Å². The van der Waals surface area contributed by atoms with Crippen molar-refractivity contribution in [3.05, 3.63) is 83.9 Å². The number of amides is 1. The maximum atomic E-state index is 13.4. The Morgan fingerprint density at radius 1 is 0.879 bits per heavy atom. The van der Waals surface area contributed by atoms with Crippen LogP contribution >= 0.6 is 0 Å². The highest BCUT2D eigenvalue weighted by Crippen LogP contribution is 2.25. The van der Waals surface area contributed by atoms with Crippen LogP contribution in [0.5, 0.6) is 5.75 Å². The third-order valence-corrected chi connectivity index (χ3v) is 6.63. The molecule has 9 heteroatoms. The molecule has 0 aromatic heterocycles. The first kappa shape index (κ1) is 23.8. The maximum Gasteiger partial charge on any atom is 0.337 e. The SMILES string of the molecule is COC(=O)c1ccc(NC(=O)CN(c2ccc(C)cc2)S(=O)(=O)c2ccc(OC)cc2)cc1. The lowest BCUT2D eigenvalue weighted by atomic mass is 10.2. The molecule has 0 fully saturated rings. The number of anilines is 2. The molecule has 0 bridgehead atoms. The molecule has 0 heterocycles. The van der Waals surface area contributed by atoms with Crippen molar-refractivity contribution in [1.82, 2.24) is 0 Å². The molecule has 0 unspecified atom stereocenters. The van der Waals surface area contributed by atoms with E-state index in [2.05, 4.69) is 10.1 Å². The minimum Gasteiger partial charge on any atom is -0.497 e. The van der Waals surface area contributed by atoms with E-state index in [0.29, 0.717) is 22.7 Å². The first-order valence-electron chi connectivity index (χ1n) is 9.96. The maximum absolute atomic E-state index is 13.4. The molecule has 0 saturated heterocycles. The number of esters is 1. The number of carbonyl (C=O) groups is 2. The van der Waals surface area contributed by atoms with Gasteiger partial charge in [-0.25, -0.2) is 13.2 Å². The second-order valence-corrected chi connectivity index (χ2v) is 9.00. The zero-order valence-corrected chi connectivity index (χ0v) is 19.3. The summed E-state index contributed by atoms with van der Waals surface area (Å²) in [5.74, 6) is -0.522. The zero-order valence-electron chi connectivity index (χ0n) is 18.4. The fourth-order valence-electron chi connectivity index (χ4n) is 3.04. The highest BCUT2D eigenvalue weighted by atomic mass is 32.2. The van der Waals surface area contributed by atoms with E-state index in [0.717, 1.165) is 9.87 Å². The van der Waals surface area contributed by atoms with Gasteiger partial charge in [0, 0.05) is 5.69 Å². The van der Waals surface area contributed by atoms with Crippen molar-refractivity contribution < 1.29 is 27.5 Å². The number of aryl methyl sites for hydroxylation is 1. The van der Waals surface area contributed by atoms with Gasteiger partial charge in [0.1, 0.15) is 12.3 Å². The van der Waals surface area contributed by atoms with E-state index in [9.17, 15) is 18.0 Å². The largest absolute Gasteiger partial charge is 0.497 e. The van der Waals surface area contributed by atoms with Crippen molar-refractivity contribution in [3.8, 4) is 5.75 Å². The van der Waals surface area contributed by atoms with Gasteiger partial charge in [0.15, 0.2) is 0 Å². The van der Waals surface area contributed by atoms with E-state index in [4.69, 9.17) is 4.74 Å². The topological polar surface area (TPSA) is 102 Å². The molecular formula is C24H24N2O6S. The predicted molar refractivity (Wildman–Crippen MR) is 125 cm³/mol. The van der Waals surface area contributed by atoms with Crippen molar-refractivity contribution in [2.45, 2.75) is 11.8 Å². The van der Waals surface area contributed by atoms with E-state index in [1.165, 1.54) is 38.5 Å². The van der Waals surface area contributed by atoms with Crippen LogP contribution in [0.15, 0.2) is 77.7 Å². The van der Waals surface area contributed by atoms with E-state index in [-0.39, 0.29) is 4.90 Å². The minimum absolute atomic E-state index is 0.0269. The Morgan fingerprint density at radius 2 is 1.48 bits per heavy atom. The summed E-state index contributed by atoms with van der Waals surface area (Å²) in [5, 5.41) is 2.66. The van der Waals surface area contributed by atoms with Crippen molar-refractivity contribution in [1.29, 1.82) is 0 Å². The summed E-state index contributed by atoms with van der Waals surface area (Å²) in [6, 6.07) is 18.9. The molecule has 0 aliphatic heterocycles. The lowest BCUT2D eigenvalue weighted by Gasteiger charge is -2.24. The smallest absolute Gasteiger partial charge is 0.337 e. The molecule has 0 aliphatic carbocycles. The average Bonchev–Trinajstić information content (AvgIpc) is 2.83. The van der Waals surface area contributed by atoms with Crippen molar-refractivity contribution >= 4 is 33.3 Å². The molecule has 3 aromatic carbocycles. The Balaban J connectivity index is 1.87. The van der Waals surface area contributed by atoms with Gasteiger partial charge in [-0.3, -0.25) is 9.10 Å². The zero-order chi connectivity index (χ0) is 24.0. The molecule has 1 N–H and O–H groups in total. The molecule has 1 amide bonds. The number of ether oxygens (including phenoxy) is 2. The first-order valence-corrected chi connectivity index (χ1v) is 11.4. The van der Waals surface area contributed by atoms with Crippen LogP contribution in [-0.4, -0.2) is 41.1 Å². The average molecular weight is 469 g/mol. The van der Waals surface area contributed by atoms with Gasteiger partial charge in [-0.05, 0) is 67.6 Å².